The Balaban J connectivity index is 2.44. The van der Waals surface area contributed by atoms with E-state index in [2.05, 4.69) is 5.10 Å². The monoisotopic (exact) mass is 238 g/mol. The van der Waals surface area contributed by atoms with Crippen LogP contribution in [-0.4, -0.2) is 22.0 Å². The lowest BCUT2D eigenvalue weighted by molar-refractivity contribution is 0.204. The lowest BCUT2D eigenvalue weighted by atomic mass is 10.1. The molecule has 0 aliphatic rings. The van der Waals surface area contributed by atoms with Crippen LogP contribution in [0.1, 0.15) is 22.9 Å². The van der Waals surface area contributed by atoms with Gasteiger partial charge in [-0.25, -0.2) is 0 Å². The van der Waals surface area contributed by atoms with Crippen molar-refractivity contribution in [3.63, 3.8) is 0 Å². The number of aliphatic hydroxyl groups is 1. The van der Waals surface area contributed by atoms with Crippen molar-refractivity contribution in [3.8, 4) is 5.75 Å². The van der Waals surface area contributed by atoms with E-state index in [0.29, 0.717) is 11.4 Å². The van der Waals surface area contributed by atoms with Crippen LogP contribution in [0.3, 0.4) is 0 Å². The molecule has 0 radical (unpaired) electrons. The maximum absolute atomic E-state index is 10.3. The van der Waals surface area contributed by atoms with Gasteiger partial charge in [0.15, 0.2) is 5.75 Å². The molecule has 2 aromatic rings. The Labute approximate surface area is 98.1 Å². The lowest BCUT2D eigenvalue weighted by Gasteiger charge is -2.12. The summed E-state index contributed by atoms with van der Waals surface area (Å²) in [6.07, 6.45) is 0.925. The number of hydrogen-bond donors (Lipinski definition) is 1. The maximum Gasteiger partial charge on any atom is 0.162 e. The number of methoxy groups -OCH3 is 1. The predicted octanol–water partition coefficient (Wildman–Crippen LogP) is 1.88. The van der Waals surface area contributed by atoms with E-state index in [1.54, 1.807) is 36.4 Å². The Kier molecular flexibility index (Phi) is 2.98. The van der Waals surface area contributed by atoms with Gasteiger partial charge in [-0.05, 0) is 23.2 Å². The van der Waals surface area contributed by atoms with Crippen LogP contribution in [0.15, 0.2) is 17.0 Å². The van der Waals surface area contributed by atoms with Gasteiger partial charge in [0.05, 0.1) is 13.3 Å². The Hall–Kier alpha value is -1.33. The minimum atomic E-state index is -0.686. The van der Waals surface area contributed by atoms with Crippen molar-refractivity contribution in [3.05, 3.63) is 33.8 Å². The minimum absolute atomic E-state index is 0.612. The molecule has 5 heteroatoms. The summed E-state index contributed by atoms with van der Waals surface area (Å²) in [5.74, 6) is 0.612. The standard InChI is InChI=1S/C11H14N2O2S/c1-7-5-16-6-8(7)11(14)10-9(15-3)4-12-13(10)2/h4-6,11,14H,1-3H3. The van der Waals surface area contributed by atoms with Crippen molar-refractivity contribution in [1.82, 2.24) is 9.78 Å². The van der Waals surface area contributed by atoms with Crippen LogP contribution in [0.2, 0.25) is 0 Å². The zero-order valence-corrected chi connectivity index (χ0v) is 10.3. The first-order valence-corrected chi connectivity index (χ1v) is 5.86. The molecule has 2 rings (SSSR count). The van der Waals surface area contributed by atoms with Gasteiger partial charge >= 0.3 is 0 Å². The second-order valence-corrected chi connectivity index (χ2v) is 4.38. The van der Waals surface area contributed by atoms with Crippen molar-refractivity contribution in [2.75, 3.05) is 7.11 Å². The highest BCUT2D eigenvalue weighted by Crippen LogP contribution is 2.32. The number of aromatic nitrogens is 2. The molecule has 0 aromatic carbocycles. The molecule has 1 N–H and O–H groups in total. The first-order chi connectivity index (χ1) is 7.65. The van der Waals surface area contributed by atoms with Crippen molar-refractivity contribution in [2.45, 2.75) is 13.0 Å². The third kappa shape index (κ3) is 1.72. The van der Waals surface area contributed by atoms with Gasteiger partial charge in [-0.3, -0.25) is 4.68 Å². The Morgan fingerprint density at radius 1 is 1.50 bits per heavy atom. The zero-order valence-electron chi connectivity index (χ0n) is 9.47. The third-order valence-electron chi connectivity index (χ3n) is 2.62. The van der Waals surface area contributed by atoms with E-state index >= 15 is 0 Å². The Morgan fingerprint density at radius 2 is 2.25 bits per heavy atom. The average molecular weight is 238 g/mol. The van der Waals surface area contributed by atoms with Gasteiger partial charge in [-0.2, -0.15) is 16.4 Å². The minimum Gasteiger partial charge on any atom is -0.493 e. The molecule has 1 unspecified atom stereocenters. The van der Waals surface area contributed by atoms with Gasteiger partial charge in [-0.1, -0.05) is 0 Å². The molecule has 0 aliphatic carbocycles. The van der Waals surface area contributed by atoms with Crippen LogP contribution < -0.4 is 4.74 Å². The molecule has 0 saturated carbocycles. The molecule has 2 aromatic heterocycles. The Bertz CT molecular complexity index is 490. The van der Waals surface area contributed by atoms with E-state index < -0.39 is 6.10 Å². The molecule has 16 heavy (non-hydrogen) atoms. The Morgan fingerprint density at radius 3 is 2.81 bits per heavy atom. The van der Waals surface area contributed by atoms with Crippen molar-refractivity contribution in [2.24, 2.45) is 7.05 Å². The molecule has 0 saturated heterocycles. The topological polar surface area (TPSA) is 47.3 Å². The number of thiophene rings is 1. The summed E-state index contributed by atoms with van der Waals surface area (Å²) < 4.78 is 6.82. The summed E-state index contributed by atoms with van der Waals surface area (Å²) in [6.45, 7) is 1.98. The summed E-state index contributed by atoms with van der Waals surface area (Å²) in [5.41, 5.74) is 2.68. The van der Waals surface area contributed by atoms with E-state index in [1.165, 1.54) is 0 Å². The normalized spacial score (nSPS) is 12.8. The summed E-state index contributed by atoms with van der Waals surface area (Å²) >= 11 is 1.58. The fraction of sp³-hybridized carbons (Fsp3) is 0.364. The van der Waals surface area contributed by atoms with Gasteiger partial charge in [0.25, 0.3) is 0 Å². The van der Waals surface area contributed by atoms with Gasteiger partial charge in [0.2, 0.25) is 0 Å². The van der Waals surface area contributed by atoms with Gasteiger partial charge in [-0.15, -0.1) is 0 Å². The average Bonchev–Trinajstić information content (AvgIpc) is 2.83. The van der Waals surface area contributed by atoms with Crippen LogP contribution >= 0.6 is 11.3 Å². The van der Waals surface area contributed by atoms with E-state index in [0.717, 1.165) is 11.1 Å². The van der Waals surface area contributed by atoms with Crippen molar-refractivity contribution < 1.29 is 9.84 Å². The quantitative estimate of drug-likeness (QED) is 0.888. The fourth-order valence-electron chi connectivity index (χ4n) is 1.69. The number of ether oxygens (including phenoxy) is 1. The van der Waals surface area contributed by atoms with Crippen LogP contribution in [0, 0.1) is 6.92 Å². The largest absolute Gasteiger partial charge is 0.493 e. The summed E-state index contributed by atoms with van der Waals surface area (Å²) in [5, 5.41) is 18.4. The molecule has 0 aliphatic heterocycles. The van der Waals surface area contributed by atoms with E-state index in [4.69, 9.17) is 4.74 Å². The molecule has 0 fully saturated rings. The zero-order chi connectivity index (χ0) is 11.7. The third-order valence-corrected chi connectivity index (χ3v) is 3.50. The lowest BCUT2D eigenvalue weighted by Crippen LogP contribution is -2.08. The highest BCUT2D eigenvalue weighted by Gasteiger charge is 2.21. The van der Waals surface area contributed by atoms with Crippen molar-refractivity contribution in [1.29, 1.82) is 0 Å². The smallest absolute Gasteiger partial charge is 0.162 e. The van der Waals surface area contributed by atoms with E-state index in [1.807, 2.05) is 17.7 Å². The summed E-state index contributed by atoms with van der Waals surface area (Å²) in [4.78, 5) is 0. The summed E-state index contributed by atoms with van der Waals surface area (Å²) in [6, 6.07) is 0. The number of rotatable bonds is 3. The second kappa shape index (κ2) is 4.27. The molecule has 86 valence electrons. The molecule has 0 amide bonds. The summed E-state index contributed by atoms with van der Waals surface area (Å²) in [7, 11) is 3.37. The van der Waals surface area contributed by atoms with Gasteiger partial charge in [0, 0.05) is 12.6 Å². The molecule has 0 spiro atoms. The molecular weight excluding hydrogens is 224 g/mol. The van der Waals surface area contributed by atoms with E-state index in [-0.39, 0.29) is 0 Å². The van der Waals surface area contributed by atoms with E-state index in [9.17, 15) is 5.11 Å². The highest BCUT2D eigenvalue weighted by atomic mass is 32.1. The maximum atomic E-state index is 10.3. The molecule has 0 bridgehead atoms. The fourth-order valence-corrected chi connectivity index (χ4v) is 2.56. The SMILES string of the molecule is COc1cnn(C)c1C(O)c1cscc1C. The van der Waals surface area contributed by atoms with Crippen LogP contribution in [0.5, 0.6) is 5.75 Å². The predicted molar refractivity (Wildman–Crippen MR) is 62.9 cm³/mol. The van der Waals surface area contributed by atoms with Crippen molar-refractivity contribution >= 4 is 11.3 Å². The first kappa shape index (κ1) is 11.2. The molecule has 2 heterocycles. The highest BCUT2D eigenvalue weighted by molar-refractivity contribution is 7.08. The number of hydrogen-bond acceptors (Lipinski definition) is 4. The van der Waals surface area contributed by atoms with Crippen LogP contribution in [0.4, 0.5) is 0 Å². The van der Waals surface area contributed by atoms with Crippen LogP contribution in [-0.2, 0) is 7.05 Å². The van der Waals surface area contributed by atoms with Gasteiger partial charge in [0.1, 0.15) is 11.8 Å². The van der Waals surface area contributed by atoms with Crippen LogP contribution in [0.25, 0.3) is 0 Å². The second-order valence-electron chi connectivity index (χ2n) is 3.63. The number of aryl methyl sites for hydroxylation is 2. The number of aliphatic hydroxyl groups excluding tert-OH is 1. The molecule has 1 atom stereocenters. The molecule has 4 nitrogen and oxygen atoms in total. The van der Waals surface area contributed by atoms with Gasteiger partial charge < -0.3 is 9.84 Å². The first-order valence-electron chi connectivity index (χ1n) is 4.91. The number of nitrogens with zero attached hydrogens (tertiary/aromatic N) is 2. The molecular formula is C11H14N2O2S.